The third-order valence-electron chi connectivity index (χ3n) is 6.15. The van der Waals surface area contributed by atoms with Crippen LogP contribution in [0.4, 0.5) is 4.39 Å². The summed E-state index contributed by atoms with van der Waals surface area (Å²) >= 11 is 0. The molecule has 5 rings (SSSR count). The first-order valence-corrected chi connectivity index (χ1v) is 10.2. The molecule has 1 atom stereocenters. The fourth-order valence-electron chi connectivity index (χ4n) is 4.31. The molecule has 2 aliphatic heterocycles. The molecule has 1 aliphatic carbocycles. The van der Waals surface area contributed by atoms with Crippen molar-refractivity contribution in [3.05, 3.63) is 71.2 Å². The van der Waals surface area contributed by atoms with Gasteiger partial charge in [-0.25, -0.2) is 9.37 Å². The molecule has 1 aromatic heterocycles. The van der Waals surface area contributed by atoms with E-state index in [2.05, 4.69) is 22.5 Å². The van der Waals surface area contributed by atoms with Crippen LogP contribution in [0.2, 0.25) is 0 Å². The quantitative estimate of drug-likeness (QED) is 0.783. The van der Waals surface area contributed by atoms with E-state index >= 15 is 0 Å². The summed E-state index contributed by atoms with van der Waals surface area (Å²) < 4.78 is 21.9. The van der Waals surface area contributed by atoms with Crippen molar-refractivity contribution in [1.29, 1.82) is 0 Å². The van der Waals surface area contributed by atoms with E-state index in [1.165, 1.54) is 0 Å². The number of fused-ring (bicyclic) bond motifs is 3. The number of ether oxygens (including phenoxy) is 1. The van der Waals surface area contributed by atoms with Crippen LogP contribution in [0.25, 0.3) is 5.70 Å². The minimum atomic E-state index is -0.0822. The van der Waals surface area contributed by atoms with Crippen LogP contribution in [0.3, 0.4) is 0 Å². The van der Waals surface area contributed by atoms with Gasteiger partial charge in [0.15, 0.2) is 0 Å². The Kier molecular flexibility index (Phi) is 4.39. The van der Waals surface area contributed by atoms with Crippen molar-refractivity contribution >= 4 is 11.5 Å². The Morgan fingerprint density at radius 1 is 1.31 bits per heavy atom. The van der Waals surface area contributed by atoms with Gasteiger partial charge in [0.2, 0.25) is 0 Å². The molecular formula is C23H25FN4O. The lowest BCUT2D eigenvalue weighted by molar-refractivity contribution is 0.116. The number of aromatic nitrogens is 2. The average Bonchev–Trinajstić information content (AvgIpc) is 3.47. The molecular weight excluding hydrogens is 367 g/mol. The summed E-state index contributed by atoms with van der Waals surface area (Å²) in [7, 11) is 1.67. The van der Waals surface area contributed by atoms with Gasteiger partial charge in [-0.2, -0.15) is 0 Å². The molecule has 1 aromatic carbocycles. The number of imidazole rings is 1. The molecule has 0 saturated heterocycles. The zero-order valence-electron chi connectivity index (χ0n) is 16.9. The predicted octanol–water partition coefficient (Wildman–Crippen LogP) is 4.28. The lowest BCUT2D eigenvalue weighted by Gasteiger charge is -2.34. The molecule has 3 heterocycles. The van der Waals surface area contributed by atoms with Crippen LogP contribution in [-0.2, 0) is 11.2 Å². The molecule has 0 spiro atoms. The van der Waals surface area contributed by atoms with E-state index in [1.54, 1.807) is 19.5 Å². The summed E-state index contributed by atoms with van der Waals surface area (Å²) in [6, 6.07) is 3.54. The first-order valence-electron chi connectivity index (χ1n) is 10.2. The molecule has 3 aliphatic rings. The van der Waals surface area contributed by atoms with Gasteiger partial charge >= 0.3 is 0 Å². The van der Waals surface area contributed by atoms with E-state index in [1.807, 2.05) is 23.8 Å². The lowest BCUT2D eigenvalue weighted by Crippen LogP contribution is -2.30. The highest BCUT2D eigenvalue weighted by atomic mass is 19.1. The topological polar surface area (TPSA) is 42.6 Å². The van der Waals surface area contributed by atoms with Crippen molar-refractivity contribution in [1.82, 2.24) is 14.5 Å². The molecule has 5 nitrogen and oxygen atoms in total. The summed E-state index contributed by atoms with van der Waals surface area (Å²) in [5, 5.41) is 0. The minimum absolute atomic E-state index is 0.0607. The van der Waals surface area contributed by atoms with Gasteiger partial charge in [-0.3, -0.25) is 9.56 Å². The molecule has 0 radical (unpaired) electrons. The highest BCUT2D eigenvalue weighted by Crippen LogP contribution is 2.46. The number of rotatable bonds is 3. The molecule has 6 heteroatoms. The molecule has 150 valence electrons. The molecule has 1 fully saturated rings. The van der Waals surface area contributed by atoms with Crippen molar-refractivity contribution in [2.75, 3.05) is 20.2 Å². The highest BCUT2D eigenvalue weighted by molar-refractivity contribution is 6.01. The van der Waals surface area contributed by atoms with Gasteiger partial charge in [-0.1, -0.05) is 6.58 Å². The summed E-state index contributed by atoms with van der Waals surface area (Å²) in [6.45, 7) is 7.55. The first kappa shape index (κ1) is 18.3. The number of methoxy groups -OCH3 is 1. The number of aliphatic imine (C=N–C) groups is 1. The molecule has 0 bridgehead atoms. The first-order chi connectivity index (χ1) is 14.1. The van der Waals surface area contributed by atoms with Crippen LogP contribution in [0.15, 0.2) is 48.0 Å². The third kappa shape index (κ3) is 3.12. The number of nitrogens with zero attached hydrogens (tertiary/aromatic N) is 4. The smallest absolute Gasteiger partial charge is 0.135 e. The molecule has 0 amide bonds. The van der Waals surface area contributed by atoms with E-state index in [-0.39, 0.29) is 11.9 Å². The SMILES string of the molecule is C=C1CN=C(n2cnc([C@@H](C)OC)c2)C=C2c3ccc(F)c(C4CC4)c3CCN12. The predicted molar refractivity (Wildman–Crippen MR) is 111 cm³/mol. The van der Waals surface area contributed by atoms with Gasteiger partial charge in [0.25, 0.3) is 0 Å². The number of hydrogen-bond acceptors (Lipinski definition) is 4. The Balaban J connectivity index is 1.60. The number of halogens is 1. The summed E-state index contributed by atoms with van der Waals surface area (Å²) in [5.74, 6) is 1.12. The van der Waals surface area contributed by atoms with Crippen LogP contribution in [-0.4, -0.2) is 40.5 Å². The van der Waals surface area contributed by atoms with Gasteiger partial charge < -0.3 is 9.64 Å². The Bertz CT molecular complexity index is 1050. The van der Waals surface area contributed by atoms with Crippen molar-refractivity contribution in [3.8, 4) is 0 Å². The van der Waals surface area contributed by atoms with E-state index < -0.39 is 0 Å². The Hall–Kier alpha value is -2.73. The van der Waals surface area contributed by atoms with Crippen molar-refractivity contribution in [2.45, 2.75) is 38.2 Å². The van der Waals surface area contributed by atoms with Crippen LogP contribution in [0.5, 0.6) is 0 Å². The maximum absolute atomic E-state index is 14.6. The Labute approximate surface area is 170 Å². The maximum atomic E-state index is 14.6. The fourth-order valence-corrected chi connectivity index (χ4v) is 4.31. The summed E-state index contributed by atoms with van der Waals surface area (Å²) in [6.07, 6.45) is 8.73. The van der Waals surface area contributed by atoms with Gasteiger partial charge in [-0.05, 0) is 55.4 Å². The molecule has 0 N–H and O–H groups in total. The van der Waals surface area contributed by atoms with Gasteiger partial charge in [0.1, 0.15) is 18.0 Å². The number of hydrogen-bond donors (Lipinski definition) is 0. The van der Waals surface area contributed by atoms with Gasteiger partial charge in [0, 0.05) is 37.2 Å². The normalized spacial score (nSPS) is 19.8. The van der Waals surface area contributed by atoms with Crippen LogP contribution in [0, 0.1) is 5.82 Å². The van der Waals surface area contributed by atoms with Crippen molar-refractivity contribution in [3.63, 3.8) is 0 Å². The molecule has 0 unspecified atom stereocenters. The largest absolute Gasteiger partial charge is 0.375 e. The number of allylic oxidation sites excluding steroid dienone is 1. The van der Waals surface area contributed by atoms with Crippen LogP contribution < -0.4 is 0 Å². The molecule has 2 aromatic rings. The monoisotopic (exact) mass is 392 g/mol. The second-order valence-electron chi connectivity index (χ2n) is 8.02. The summed E-state index contributed by atoms with van der Waals surface area (Å²) in [5.41, 5.74) is 6.04. The van der Waals surface area contributed by atoms with E-state index in [0.29, 0.717) is 12.5 Å². The van der Waals surface area contributed by atoms with E-state index in [9.17, 15) is 4.39 Å². The zero-order chi connectivity index (χ0) is 20.1. The Morgan fingerprint density at radius 3 is 2.90 bits per heavy atom. The van der Waals surface area contributed by atoms with Crippen LogP contribution >= 0.6 is 0 Å². The van der Waals surface area contributed by atoms with Crippen molar-refractivity contribution in [2.24, 2.45) is 4.99 Å². The second-order valence-corrected chi connectivity index (χ2v) is 8.02. The fraction of sp³-hybridized carbons (Fsp3) is 0.391. The lowest BCUT2D eigenvalue weighted by atomic mass is 9.89. The standard InChI is InChI=1S/C23H25FN4O/c1-14-11-25-22(27-12-20(26-13-27)15(2)29-3)10-21-17-6-7-19(24)23(16-4-5-16)18(17)8-9-28(14)21/h6-7,10,12-13,15-16H,1,4-5,8-9,11H2,2-3H3/t15-/m1/s1. The van der Waals surface area contributed by atoms with Crippen molar-refractivity contribution < 1.29 is 9.13 Å². The van der Waals surface area contributed by atoms with E-state index in [0.717, 1.165) is 65.4 Å². The van der Waals surface area contributed by atoms with Gasteiger partial charge in [0.05, 0.1) is 24.0 Å². The molecule has 1 saturated carbocycles. The number of benzene rings is 1. The zero-order valence-corrected chi connectivity index (χ0v) is 16.9. The highest BCUT2D eigenvalue weighted by Gasteiger charge is 2.34. The average molecular weight is 392 g/mol. The summed E-state index contributed by atoms with van der Waals surface area (Å²) in [4.78, 5) is 11.4. The molecule has 29 heavy (non-hydrogen) atoms. The van der Waals surface area contributed by atoms with E-state index in [4.69, 9.17) is 9.73 Å². The Morgan fingerprint density at radius 2 is 2.14 bits per heavy atom. The van der Waals surface area contributed by atoms with Gasteiger partial charge in [-0.15, -0.1) is 0 Å². The minimum Gasteiger partial charge on any atom is -0.375 e. The van der Waals surface area contributed by atoms with Crippen LogP contribution in [0.1, 0.15) is 54.2 Å². The maximum Gasteiger partial charge on any atom is 0.135 e. The second kappa shape index (κ2) is 6.95. The third-order valence-corrected chi connectivity index (χ3v) is 6.15.